The zero-order chi connectivity index (χ0) is 19.2. The molecule has 0 unspecified atom stereocenters. The Bertz CT molecular complexity index is 977. The molecule has 1 aliphatic heterocycles. The minimum atomic E-state index is -0.344. The molecule has 2 aromatic carbocycles. The van der Waals surface area contributed by atoms with Crippen LogP contribution in [0.1, 0.15) is 23.6 Å². The summed E-state index contributed by atoms with van der Waals surface area (Å²) in [4.78, 5) is 15.9. The second kappa shape index (κ2) is 8.43. The second-order valence-electron chi connectivity index (χ2n) is 5.56. The molecule has 1 aliphatic rings. The molecule has 3 rings (SSSR count). The molecule has 0 fully saturated rings. The monoisotopic (exact) mass is 379 g/mol. The van der Waals surface area contributed by atoms with Crippen molar-refractivity contribution in [1.82, 2.24) is 0 Å². The van der Waals surface area contributed by atoms with E-state index in [1.807, 2.05) is 31.2 Å². The van der Waals surface area contributed by atoms with Crippen molar-refractivity contribution in [3.05, 3.63) is 64.1 Å². The van der Waals surface area contributed by atoms with Crippen LogP contribution in [0.15, 0.2) is 52.4 Å². The number of ether oxygens (including phenoxy) is 2. The van der Waals surface area contributed by atoms with Gasteiger partial charge in [0, 0.05) is 5.56 Å². The predicted octanol–water partition coefficient (Wildman–Crippen LogP) is 3.46. The minimum Gasteiger partial charge on any atom is -0.490 e. The molecule has 6 nitrogen and oxygen atoms in total. The number of thioether (sulfide) groups is 1. The fourth-order valence-electron chi connectivity index (χ4n) is 2.49. The maximum Gasteiger partial charge on any atom is 0.286 e. The molecule has 0 aliphatic carbocycles. The van der Waals surface area contributed by atoms with Crippen LogP contribution in [0.5, 0.6) is 11.5 Å². The van der Waals surface area contributed by atoms with Crippen LogP contribution in [0.3, 0.4) is 0 Å². The molecule has 27 heavy (non-hydrogen) atoms. The van der Waals surface area contributed by atoms with E-state index >= 15 is 0 Å². The van der Waals surface area contributed by atoms with E-state index in [-0.39, 0.29) is 17.7 Å². The van der Waals surface area contributed by atoms with E-state index in [1.54, 1.807) is 24.3 Å². The van der Waals surface area contributed by atoms with Gasteiger partial charge in [-0.25, -0.2) is 0 Å². The molecule has 0 saturated carbocycles. The Morgan fingerprint density at radius 3 is 2.74 bits per heavy atom. The van der Waals surface area contributed by atoms with Gasteiger partial charge in [0.1, 0.15) is 6.61 Å². The minimum absolute atomic E-state index is 0.243. The normalized spacial score (nSPS) is 14.7. The third-order valence-electron chi connectivity index (χ3n) is 3.72. The predicted molar refractivity (Wildman–Crippen MR) is 105 cm³/mol. The second-order valence-corrected chi connectivity index (χ2v) is 6.62. The Labute approximate surface area is 161 Å². The number of hydrogen-bond donors (Lipinski definition) is 1. The van der Waals surface area contributed by atoms with E-state index in [9.17, 15) is 10.1 Å². The van der Waals surface area contributed by atoms with Crippen LogP contribution < -0.4 is 15.2 Å². The number of carbonyl (C=O) groups is 1. The summed E-state index contributed by atoms with van der Waals surface area (Å²) in [5.74, 6) is 0.780. The average molecular weight is 379 g/mol. The number of amides is 1. The summed E-state index contributed by atoms with van der Waals surface area (Å²) in [5.41, 5.74) is 7.73. The number of nitrogens with two attached hydrogens (primary N) is 1. The summed E-state index contributed by atoms with van der Waals surface area (Å²) in [6.45, 7) is 2.60. The Kier molecular flexibility index (Phi) is 5.79. The number of hydrogen-bond acceptors (Lipinski definition) is 6. The van der Waals surface area contributed by atoms with E-state index in [1.165, 1.54) is 0 Å². The highest BCUT2D eigenvalue weighted by molar-refractivity contribution is 8.18. The Hall–Kier alpha value is -3.24. The number of carbonyl (C=O) groups excluding carboxylic acids is 1. The number of amidine groups is 1. The van der Waals surface area contributed by atoms with Gasteiger partial charge in [-0.1, -0.05) is 24.3 Å². The van der Waals surface area contributed by atoms with Crippen LogP contribution in [0.2, 0.25) is 0 Å². The van der Waals surface area contributed by atoms with E-state index in [0.717, 1.165) is 22.9 Å². The van der Waals surface area contributed by atoms with Crippen LogP contribution in [0, 0.1) is 11.3 Å². The van der Waals surface area contributed by atoms with Gasteiger partial charge >= 0.3 is 0 Å². The lowest BCUT2D eigenvalue weighted by Gasteiger charge is -2.13. The van der Waals surface area contributed by atoms with Crippen molar-refractivity contribution in [2.24, 2.45) is 10.7 Å². The average Bonchev–Trinajstić information content (AvgIpc) is 2.98. The van der Waals surface area contributed by atoms with Gasteiger partial charge in [0.05, 0.1) is 23.1 Å². The van der Waals surface area contributed by atoms with Crippen LogP contribution in [0.25, 0.3) is 6.08 Å². The summed E-state index contributed by atoms with van der Waals surface area (Å²) < 4.78 is 11.5. The first kappa shape index (κ1) is 18.5. The quantitative estimate of drug-likeness (QED) is 0.772. The molecular formula is C20H17N3O3S. The number of nitriles is 1. The first-order valence-corrected chi connectivity index (χ1v) is 9.08. The summed E-state index contributed by atoms with van der Waals surface area (Å²) >= 11 is 1.14. The number of aliphatic imine (C=N–C) groups is 1. The molecular weight excluding hydrogens is 362 g/mol. The van der Waals surface area contributed by atoms with Crippen molar-refractivity contribution in [3.63, 3.8) is 0 Å². The summed E-state index contributed by atoms with van der Waals surface area (Å²) in [5, 5.41) is 9.43. The van der Waals surface area contributed by atoms with Gasteiger partial charge in [0.25, 0.3) is 5.91 Å². The standard InChI is InChI=1S/C20H17N3O3S/c1-2-25-17-9-13(10-18-19(24)23-20(22)27-18)7-8-16(17)26-12-15-6-4-3-5-14(15)11-21/h3-10H,2,12H2,1H3,(H2,22,23,24). The fourth-order valence-corrected chi connectivity index (χ4v) is 3.17. The maximum atomic E-state index is 11.7. The molecule has 1 heterocycles. The molecule has 0 saturated heterocycles. The van der Waals surface area contributed by atoms with Crippen molar-refractivity contribution in [3.8, 4) is 17.6 Å². The zero-order valence-electron chi connectivity index (χ0n) is 14.6. The molecule has 7 heteroatoms. The third-order valence-corrected chi connectivity index (χ3v) is 4.54. The van der Waals surface area contributed by atoms with Gasteiger partial charge in [-0.15, -0.1) is 0 Å². The topological polar surface area (TPSA) is 97.7 Å². The summed E-state index contributed by atoms with van der Waals surface area (Å²) in [7, 11) is 0. The lowest BCUT2D eigenvalue weighted by atomic mass is 10.1. The van der Waals surface area contributed by atoms with Crippen LogP contribution in [0.4, 0.5) is 0 Å². The summed E-state index contributed by atoms with van der Waals surface area (Å²) in [6, 6.07) is 14.8. The Morgan fingerprint density at radius 2 is 2.04 bits per heavy atom. The van der Waals surface area contributed by atoms with Crippen molar-refractivity contribution in [2.45, 2.75) is 13.5 Å². The maximum absolute atomic E-state index is 11.7. The largest absolute Gasteiger partial charge is 0.490 e. The third kappa shape index (κ3) is 4.49. The zero-order valence-corrected chi connectivity index (χ0v) is 15.5. The molecule has 0 radical (unpaired) electrons. The molecule has 0 aromatic heterocycles. The highest BCUT2D eigenvalue weighted by atomic mass is 32.2. The fraction of sp³-hybridized carbons (Fsp3) is 0.150. The van der Waals surface area contributed by atoms with Crippen molar-refractivity contribution < 1.29 is 14.3 Å². The number of nitrogens with zero attached hydrogens (tertiary/aromatic N) is 2. The van der Waals surface area contributed by atoms with Crippen molar-refractivity contribution >= 4 is 28.9 Å². The van der Waals surface area contributed by atoms with E-state index in [2.05, 4.69) is 11.1 Å². The van der Waals surface area contributed by atoms with Crippen LogP contribution >= 0.6 is 11.8 Å². The Morgan fingerprint density at radius 1 is 1.22 bits per heavy atom. The summed E-state index contributed by atoms with van der Waals surface area (Å²) in [6.07, 6.45) is 1.72. The smallest absolute Gasteiger partial charge is 0.286 e. The molecule has 136 valence electrons. The molecule has 1 amide bonds. The van der Waals surface area contributed by atoms with Gasteiger partial charge in [-0.05, 0) is 48.5 Å². The SMILES string of the molecule is CCOc1cc(C=C2SC(N)=NC2=O)ccc1OCc1ccccc1C#N. The first-order chi connectivity index (χ1) is 13.1. The van der Waals surface area contributed by atoms with Crippen LogP contribution in [-0.4, -0.2) is 17.7 Å². The molecule has 2 aromatic rings. The van der Waals surface area contributed by atoms with E-state index < -0.39 is 0 Å². The lowest BCUT2D eigenvalue weighted by molar-refractivity contribution is -0.113. The molecule has 0 atom stereocenters. The van der Waals surface area contributed by atoms with Gasteiger partial charge in [-0.2, -0.15) is 10.3 Å². The molecule has 2 N–H and O–H groups in total. The molecule has 0 bridgehead atoms. The van der Waals surface area contributed by atoms with Crippen molar-refractivity contribution in [2.75, 3.05) is 6.61 Å². The van der Waals surface area contributed by atoms with E-state index in [4.69, 9.17) is 15.2 Å². The van der Waals surface area contributed by atoms with Crippen LogP contribution in [-0.2, 0) is 11.4 Å². The van der Waals surface area contributed by atoms with Gasteiger partial charge in [0.15, 0.2) is 16.7 Å². The van der Waals surface area contributed by atoms with Gasteiger partial charge in [0.2, 0.25) is 0 Å². The lowest BCUT2D eigenvalue weighted by Crippen LogP contribution is -2.01. The Balaban J connectivity index is 1.81. The van der Waals surface area contributed by atoms with Gasteiger partial charge in [-0.3, -0.25) is 4.79 Å². The molecule has 0 spiro atoms. The number of rotatable bonds is 6. The van der Waals surface area contributed by atoms with Crippen molar-refractivity contribution in [1.29, 1.82) is 5.26 Å². The van der Waals surface area contributed by atoms with Gasteiger partial charge < -0.3 is 15.2 Å². The highest BCUT2D eigenvalue weighted by Gasteiger charge is 2.19. The van der Waals surface area contributed by atoms with E-state index in [0.29, 0.717) is 28.6 Å². The first-order valence-electron chi connectivity index (χ1n) is 8.26. The highest BCUT2D eigenvalue weighted by Crippen LogP contribution is 2.32. The number of benzene rings is 2.